The summed E-state index contributed by atoms with van der Waals surface area (Å²) in [5, 5.41) is 9.14. The lowest BCUT2D eigenvalue weighted by Crippen LogP contribution is -2.32. The van der Waals surface area contributed by atoms with Crippen LogP contribution in [0.2, 0.25) is 0 Å². The predicted molar refractivity (Wildman–Crippen MR) is 147 cm³/mol. The van der Waals surface area contributed by atoms with Gasteiger partial charge in [-0.15, -0.1) is 0 Å². The highest BCUT2D eigenvalue weighted by atomic mass is 32.1. The van der Waals surface area contributed by atoms with E-state index in [9.17, 15) is 9.59 Å². The maximum Gasteiger partial charge on any atom is 0.321 e. The number of urea groups is 1. The molecule has 4 rings (SSSR count). The summed E-state index contributed by atoms with van der Waals surface area (Å²) in [5.41, 5.74) is 6.78. The van der Waals surface area contributed by atoms with Gasteiger partial charge in [0.2, 0.25) is 0 Å². The summed E-state index contributed by atoms with van der Waals surface area (Å²) >= 11 is 1.16. The number of nitrogens with zero attached hydrogens (tertiary/aromatic N) is 1. The molecule has 1 heterocycles. The molecule has 0 saturated carbocycles. The molecule has 0 radical (unpaired) electrons. The van der Waals surface area contributed by atoms with Crippen molar-refractivity contribution in [3.8, 4) is 0 Å². The van der Waals surface area contributed by atoms with E-state index >= 15 is 0 Å². The highest BCUT2D eigenvalue weighted by molar-refractivity contribution is 7.17. The Morgan fingerprint density at radius 1 is 0.833 bits per heavy atom. The second-order valence-electron chi connectivity index (χ2n) is 8.87. The second-order valence-corrected chi connectivity index (χ2v) is 9.87. The molecule has 0 spiro atoms. The average molecular weight is 499 g/mol. The fraction of sp³-hybridized carbons (Fsp3) is 0.207. The summed E-state index contributed by atoms with van der Waals surface area (Å²) in [7, 11) is 0. The van der Waals surface area contributed by atoms with Crippen LogP contribution in [0.1, 0.15) is 49.1 Å². The van der Waals surface area contributed by atoms with Crippen molar-refractivity contribution in [2.75, 3.05) is 17.2 Å². The largest absolute Gasteiger partial charge is 0.337 e. The van der Waals surface area contributed by atoms with Crippen LogP contribution in [0.4, 0.5) is 15.6 Å². The maximum absolute atomic E-state index is 13.0. The first-order chi connectivity index (χ1) is 17.3. The third-order valence-corrected chi connectivity index (χ3v) is 7.08. The quantitative estimate of drug-likeness (QED) is 0.269. The van der Waals surface area contributed by atoms with E-state index in [0.717, 1.165) is 44.8 Å². The molecule has 3 aromatic carbocycles. The van der Waals surface area contributed by atoms with Crippen LogP contribution in [0, 0.1) is 27.7 Å². The standard InChI is InChI=1S/C29H30N4O2S/c1-18-15-19(2)25(20(3)16-18)32-27(34)26-21(4)31-29(36-26)33-28(35)30-17-24(22-11-7-5-8-12-22)23-13-9-6-10-14-23/h5-16,24H,17H2,1-4H3,(H,32,34)(H2,30,31,33,35). The van der Waals surface area contributed by atoms with Gasteiger partial charge in [-0.25, -0.2) is 9.78 Å². The third-order valence-electron chi connectivity index (χ3n) is 6.01. The number of aryl methyl sites for hydroxylation is 4. The number of nitrogens with one attached hydrogen (secondary N) is 3. The Kier molecular flexibility index (Phi) is 7.80. The minimum absolute atomic E-state index is 0.0125. The molecule has 6 nitrogen and oxygen atoms in total. The normalized spacial score (nSPS) is 10.8. The highest BCUT2D eigenvalue weighted by Crippen LogP contribution is 2.27. The summed E-state index contributed by atoms with van der Waals surface area (Å²) < 4.78 is 0. The average Bonchev–Trinajstić information content (AvgIpc) is 3.22. The zero-order valence-corrected chi connectivity index (χ0v) is 21.7. The van der Waals surface area contributed by atoms with Crippen LogP contribution in [0.15, 0.2) is 72.8 Å². The van der Waals surface area contributed by atoms with Crippen LogP contribution < -0.4 is 16.0 Å². The molecule has 4 aromatic rings. The van der Waals surface area contributed by atoms with Gasteiger partial charge in [-0.05, 0) is 49.9 Å². The number of benzene rings is 3. The molecule has 0 aliphatic heterocycles. The van der Waals surface area contributed by atoms with Gasteiger partial charge in [0.1, 0.15) is 4.88 Å². The lowest BCUT2D eigenvalue weighted by Gasteiger charge is -2.18. The molecular weight excluding hydrogens is 468 g/mol. The molecule has 3 amide bonds. The summed E-state index contributed by atoms with van der Waals surface area (Å²) in [6.07, 6.45) is 0. The number of aromatic nitrogens is 1. The van der Waals surface area contributed by atoms with Gasteiger partial charge >= 0.3 is 6.03 Å². The highest BCUT2D eigenvalue weighted by Gasteiger charge is 2.19. The molecule has 0 aliphatic carbocycles. The van der Waals surface area contributed by atoms with Crippen LogP contribution >= 0.6 is 11.3 Å². The monoisotopic (exact) mass is 498 g/mol. The van der Waals surface area contributed by atoms with E-state index in [2.05, 4.69) is 45.2 Å². The van der Waals surface area contributed by atoms with Crippen LogP contribution in [0.5, 0.6) is 0 Å². The van der Waals surface area contributed by atoms with Crippen molar-refractivity contribution in [1.29, 1.82) is 0 Å². The molecule has 0 saturated heterocycles. The Morgan fingerprint density at radius 3 is 1.94 bits per heavy atom. The molecular formula is C29H30N4O2S. The molecule has 3 N–H and O–H groups in total. The Bertz CT molecular complexity index is 1300. The molecule has 0 atom stereocenters. The van der Waals surface area contributed by atoms with E-state index in [0.29, 0.717) is 22.2 Å². The summed E-state index contributed by atoms with van der Waals surface area (Å²) in [6.45, 7) is 8.17. The first kappa shape index (κ1) is 25.1. The van der Waals surface area contributed by atoms with Gasteiger partial charge in [-0.1, -0.05) is 89.7 Å². The SMILES string of the molecule is Cc1cc(C)c(NC(=O)c2sc(NC(=O)NCC(c3ccccc3)c3ccccc3)nc2C)c(C)c1. The number of amides is 3. The Hall–Kier alpha value is -3.97. The summed E-state index contributed by atoms with van der Waals surface area (Å²) in [5.74, 6) is -0.222. The van der Waals surface area contributed by atoms with Crippen molar-refractivity contribution in [2.24, 2.45) is 0 Å². The number of hydrogen-bond donors (Lipinski definition) is 3. The fourth-order valence-corrected chi connectivity index (χ4v) is 5.20. The van der Waals surface area contributed by atoms with E-state index in [1.54, 1.807) is 6.92 Å². The van der Waals surface area contributed by atoms with Crippen LogP contribution in [-0.4, -0.2) is 23.5 Å². The molecule has 36 heavy (non-hydrogen) atoms. The first-order valence-electron chi connectivity index (χ1n) is 11.8. The van der Waals surface area contributed by atoms with Crippen LogP contribution in [-0.2, 0) is 0 Å². The number of carbonyl (C=O) groups excluding carboxylic acids is 2. The van der Waals surface area contributed by atoms with Crippen molar-refractivity contribution < 1.29 is 9.59 Å². The van der Waals surface area contributed by atoms with Gasteiger partial charge in [-0.3, -0.25) is 10.1 Å². The van der Waals surface area contributed by atoms with Crippen molar-refractivity contribution in [1.82, 2.24) is 10.3 Å². The molecule has 0 unspecified atom stereocenters. The Balaban J connectivity index is 1.42. The molecule has 1 aromatic heterocycles. The van der Waals surface area contributed by atoms with Gasteiger partial charge in [0, 0.05) is 18.2 Å². The number of thiazole rings is 1. The van der Waals surface area contributed by atoms with Crippen molar-refractivity contribution >= 4 is 34.1 Å². The van der Waals surface area contributed by atoms with Gasteiger partial charge in [0.15, 0.2) is 5.13 Å². The maximum atomic E-state index is 13.0. The van der Waals surface area contributed by atoms with E-state index in [1.807, 2.05) is 69.3 Å². The van der Waals surface area contributed by atoms with Crippen LogP contribution in [0.25, 0.3) is 0 Å². The Morgan fingerprint density at radius 2 is 1.39 bits per heavy atom. The molecule has 0 bridgehead atoms. The molecule has 184 valence electrons. The van der Waals surface area contributed by atoms with E-state index < -0.39 is 0 Å². The zero-order valence-electron chi connectivity index (χ0n) is 20.9. The third kappa shape index (κ3) is 5.98. The Labute approximate surface area is 215 Å². The summed E-state index contributed by atoms with van der Waals surface area (Å²) in [6, 6.07) is 23.9. The van der Waals surface area contributed by atoms with Crippen molar-refractivity contribution in [3.05, 3.63) is 111 Å². The number of anilines is 2. The summed E-state index contributed by atoms with van der Waals surface area (Å²) in [4.78, 5) is 30.6. The second kappa shape index (κ2) is 11.2. The van der Waals surface area contributed by atoms with Gasteiger partial charge in [0.25, 0.3) is 5.91 Å². The molecule has 7 heteroatoms. The minimum atomic E-state index is -0.363. The number of carbonyl (C=O) groups is 2. The van der Waals surface area contributed by atoms with E-state index in [-0.39, 0.29) is 17.9 Å². The topological polar surface area (TPSA) is 83.1 Å². The number of hydrogen-bond acceptors (Lipinski definition) is 4. The first-order valence-corrected chi connectivity index (χ1v) is 12.6. The molecule has 0 fully saturated rings. The molecule has 0 aliphatic rings. The van der Waals surface area contributed by atoms with E-state index in [4.69, 9.17) is 0 Å². The lowest BCUT2D eigenvalue weighted by atomic mass is 9.91. The zero-order chi connectivity index (χ0) is 25.7. The van der Waals surface area contributed by atoms with Gasteiger partial charge in [-0.2, -0.15) is 0 Å². The van der Waals surface area contributed by atoms with Crippen molar-refractivity contribution in [2.45, 2.75) is 33.6 Å². The lowest BCUT2D eigenvalue weighted by molar-refractivity contribution is 0.102. The van der Waals surface area contributed by atoms with E-state index in [1.165, 1.54) is 0 Å². The van der Waals surface area contributed by atoms with Gasteiger partial charge in [0.05, 0.1) is 5.69 Å². The smallest absolute Gasteiger partial charge is 0.321 e. The van der Waals surface area contributed by atoms with Gasteiger partial charge < -0.3 is 10.6 Å². The van der Waals surface area contributed by atoms with Crippen molar-refractivity contribution in [3.63, 3.8) is 0 Å². The predicted octanol–water partition coefficient (Wildman–Crippen LogP) is 6.58. The fourth-order valence-electron chi connectivity index (χ4n) is 4.34. The van der Waals surface area contributed by atoms with Crippen LogP contribution in [0.3, 0.4) is 0 Å². The minimum Gasteiger partial charge on any atom is -0.337 e. The number of rotatable bonds is 7.